The van der Waals surface area contributed by atoms with E-state index in [1.165, 1.54) is 17.8 Å². The summed E-state index contributed by atoms with van der Waals surface area (Å²) in [7, 11) is 0. The Morgan fingerprint density at radius 3 is 2.65 bits per heavy atom. The minimum Gasteiger partial charge on any atom is -0.325 e. The van der Waals surface area contributed by atoms with E-state index >= 15 is 0 Å². The highest BCUT2D eigenvalue weighted by Gasteiger charge is 2.06. The van der Waals surface area contributed by atoms with Crippen LogP contribution in [0.4, 0.5) is 14.5 Å². The summed E-state index contributed by atoms with van der Waals surface area (Å²) in [6.45, 7) is 4.14. The second-order valence-electron chi connectivity index (χ2n) is 4.09. The maximum absolute atomic E-state index is 12.9. The molecule has 0 aliphatic heterocycles. The Bertz CT molecular complexity index is 396. The van der Waals surface area contributed by atoms with Gasteiger partial charge in [-0.3, -0.25) is 4.79 Å². The van der Waals surface area contributed by atoms with Crippen molar-refractivity contribution >= 4 is 23.4 Å². The fourth-order valence-corrected chi connectivity index (χ4v) is 2.01. The van der Waals surface area contributed by atoms with Gasteiger partial charge in [-0.1, -0.05) is 13.8 Å². The van der Waals surface area contributed by atoms with Crippen LogP contribution in [0.5, 0.6) is 0 Å². The third-order valence-corrected chi connectivity index (χ3v) is 3.26. The van der Waals surface area contributed by atoms with Crippen LogP contribution in [0.3, 0.4) is 0 Å². The lowest BCUT2D eigenvalue weighted by atomic mass is 10.3. The minimum atomic E-state index is -0.961. The van der Waals surface area contributed by atoms with Crippen molar-refractivity contribution in [2.45, 2.75) is 13.8 Å². The van der Waals surface area contributed by atoms with E-state index in [2.05, 4.69) is 19.2 Å². The molecule has 1 aromatic rings. The molecular formula is C12H15F2NOS. The second-order valence-corrected chi connectivity index (χ2v) is 5.12. The first-order chi connectivity index (χ1) is 7.99. The van der Waals surface area contributed by atoms with Crippen LogP contribution in [0.2, 0.25) is 0 Å². The average Bonchev–Trinajstić information content (AvgIpc) is 2.23. The van der Waals surface area contributed by atoms with Gasteiger partial charge in [0.2, 0.25) is 5.91 Å². The van der Waals surface area contributed by atoms with Crippen molar-refractivity contribution in [3.8, 4) is 0 Å². The molecule has 1 N–H and O–H groups in total. The normalized spacial score (nSPS) is 10.6. The van der Waals surface area contributed by atoms with Crippen LogP contribution in [0.1, 0.15) is 13.8 Å². The van der Waals surface area contributed by atoms with Crippen molar-refractivity contribution in [2.75, 3.05) is 16.8 Å². The van der Waals surface area contributed by atoms with Gasteiger partial charge in [-0.15, -0.1) is 0 Å². The Kier molecular flexibility index (Phi) is 5.41. The Morgan fingerprint density at radius 1 is 1.35 bits per heavy atom. The lowest BCUT2D eigenvalue weighted by Crippen LogP contribution is -2.15. The molecular weight excluding hydrogens is 244 g/mol. The van der Waals surface area contributed by atoms with Gasteiger partial charge in [0, 0.05) is 11.8 Å². The SMILES string of the molecule is CC(C)CSCC(=O)Nc1ccc(F)c(F)c1. The number of carbonyl (C=O) groups excluding carboxylic acids is 1. The molecule has 0 radical (unpaired) electrons. The summed E-state index contributed by atoms with van der Waals surface area (Å²) in [6.07, 6.45) is 0. The number of halogens is 2. The Hall–Kier alpha value is -1.10. The Morgan fingerprint density at radius 2 is 2.06 bits per heavy atom. The van der Waals surface area contributed by atoms with Gasteiger partial charge in [-0.2, -0.15) is 11.8 Å². The fourth-order valence-electron chi connectivity index (χ4n) is 1.16. The molecule has 0 unspecified atom stereocenters. The molecule has 0 aliphatic carbocycles. The maximum Gasteiger partial charge on any atom is 0.234 e. The summed E-state index contributed by atoms with van der Waals surface area (Å²) in [5.41, 5.74) is 0.277. The average molecular weight is 259 g/mol. The van der Waals surface area contributed by atoms with Crippen LogP contribution in [0.25, 0.3) is 0 Å². The molecule has 1 aromatic carbocycles. The highest BCUT2D eigenvalue weighted by atomic mass is 32.2. The third-order valence-electron chi connectivity index (χ3n) is 1.89. The van der Waals surface area contributed by atoms with E-state index in [-0.39, 0.29) is 11.6 Å². The number of rotatable bonds is 5. The largest absolute Gasteiger partial charge is 0.325 e. The number of carbonyl (C=O) groups is 1. The second kappa shape index (κ2) is 6.59. The lowest BCUT2D eigenvalue weighted by Gasteiger charge is -2.06. The monoisotopic (exact) mass is 259 g/mol. The van der Waals surface area contributed by atoms with Gasteiger partial charge in [0.15, 0.2) is 11.6 Å². The predicted molar refractivity (Wildman–Crippen MR) is 67.2 cm³/mol. The molecule has 5 heteroatoms. The van der Waals surface area contributed by atoms with Crippen LogP contribution in [0.15, 0.2) is 18.2 Å². The zero-order valence-electron chi connectivity index (χ0n) is 9.80. The summed E-state index contributed by atoms with van der Waals surface area (Å²) in [5, 5.41) is 2.52. The van der Waals surface area contributed by atoms with E-state index in [1.54, 1.807) is 0 Å². The van der Waals surface area contributed by atoms with E-state index in [9.17, 15) is 13.6 Å². The lowest BCUT2D eigenvalue weighted by molar-refractivity contribution is -0.113. The van der Waals surface area contributed by atoms with Gasteiger partial charge in [0.25, 0.3) is 0 Å². The maximum atomic E-state index is 12.9. The number of benzene rings is 1. The summed E-state index contributed by atoms with van der Waals surface area (Å²) in [4.78, 5) is 11.4. The van der Waals surface area contributed by atoms with E-state index in [1.807, 2.05) is 0 Å². The highest BCUT2D eigenvalue weighted by molar-refractivity contribution is 7.99. The van der Waals surface area contributed by atoms with E-state index < -0.39 is 11.6 Å². The standard InChI is InChI=1S/C12H15F2NOS/c1-8(2)6-17-7-12(16)15-9-3-4-10(13)11(14)5-9/h3-5,8H,6-7H2,1-2H3,(H,15,16). The van der Waals surface area contributed by atoms with Gasteiger partial charge in [0.1, 0.15) is 0 Å². The molecule has 0 saturated carbocycles. The summed E-state index contributed by atoms with van der Waals surface area (Å²) >= 11 is 1.52. The highest BCUT2D eigenvalue weighted by Crippen LogP contribution is 2.14. The van der Waals surface area contributed by atoms with E-state index in [0.29, 0.717) is 11.7 Å². The van der Waals surface area contributed by atoms with Crippen LogP contribution in [0, 0.1) is 17.6 Å². The quantitative estimate of drug-likeness (QED) is 0.879. The predicted octanol–water partition coefficient (Wildman–Crippen LogP) is 3.29. The number of anilines is 1. The van der Waals surface area contributed by atoms with Gasteiger partial charge in [-0.05, 0) is 23.8 Å². The van der Waals surface area contributed by atoms with Crippen molar-refractivity contribution in [1.82, 2.24) is 0 Å². The van der Waals surface area contributed by atoms with Crippen molar-refractivity contribution in [3.05, 3.63) is 29.8 Å². The molecule has 2 nitrogen and oxygen atoms in total. The first-order valence-electron chi connectivity index (χ1n) is 5.31. The van der Waals surface area contributed by atoms with Crippen LogP contribution in [-0.2, 0) is 4.79 Å². The van der Waals surface area contributed by atoms with Gasteiger partial charge < -0.3 is 5.32 Å². The van der Waals surface area contributed by atoms with Crippen LogP contribution >= 0.6 is 11.8 Å². The molecule has 0 atom stereocenters. The first kappa shape index (κ1) is 14.0. The zero-order valence-corrected chi connectivity index (χ0v) is 10.6. The minimum absolute atomic E-state index is 0.207. The summed E-state index contributed by atoms with van der Waals surface area (Å²) in [6, 6.07) is 3.30. The van der Waals surface area contributed by atoms with Crippen molar-refractivity contribution in [2.24, 2.45) is 5.92 Å². The molecule has 94 valence electrons. The van der Waals surface area contributed by atoms with Gasteiger partial charge in [0.05, 0.1) is 5.75 Å². The molecule has 0 aliphatic rings. The first-order valence-corrected chi connectivity index (χ1v) is 6.47. The molecule has 1 rings (SSSR count). The number of hydrogen-bond donors (Lipinski definition) is 1. The van der Waals surface area contributed by atoms with Crippen molar-refractivity contribution < 1.29 is 13.6 Å². The van der Waals surface area contributed by atoms with Crippen molar-refractivity contribution in [3.63, 3.8) is 0 Å². The fraction of sp³-hybridized carbons (Fsp3) is 0.417. The molecule has 1 amide bonds. The molecule has 0 heterocycles. The molecule has 0 bridgehead atoms. The molecule has 0 fully saturated rings. The number of hydrogen-bond acceptors (Lipinski definition) is 2. The van der Waals surface area contributed by atoms with Crippen molar-refractivity contribution in [1.29, 1.82) is 0 Å². The Balaban J connectivity index is 2.42. The van der Waals surface area contributed by atoms with E-state index in [0.717, 1.165) is 17.9 Å². The van der Waals surface area contributed by atoms with Crippen LogP contribution < -0.4 is 5.32 Å². The molecule has 0 saturated heterocycles. The number of thioether (sulfide) groups is 1. The smallest absolute Gasteiger partial charge is 0.234 e. The summed E-state index contributed by atoms with van der Waals surface area (Å²) in [5.74, 6) is -0.352. The van der Waals surface area contributed by atoms with Crippen LogP contribution in [-0.4, -0.2) is 17.4 Å². The zero-order chi connectivity index (χ0) is 12.8. The Labute approximate surface area is 104 Å². The molecule has 17 heavy (non-hydrogen) atoms. The molecule has 0 spiro atoms. The van der Waals surface area contributed by atoms with Gasteiger partial charge in [-0.25, -0.2) is 8.78 Å². The number of amides is 1. The molecule has 0 aromatic heterocycles. The van der Waals surface area contributed by atoms with E-state index in [4.69, 9.17) is 0 Å². The van der Waals surface area contributed by atoms with Gasteiger partial charge >= 0.3 is 0 Å². The topological polar surface area (TPSA) is 29.1 Å². The summed E-state index contributed by atoms with van der Waals surface area (Å²) < 4.78 is 25.5. The number of nitrogens with one attached hydrogen (secondary N) is 1. The third kappa shape index (κ3) is 5.17.